The summed E-state index contributed by atoms with van der Waals surface area (Å²) in [5.41, 5.74) is 2.18. The summed E-state index contributed by atoms with van der Waals surface area (Å²) in [4.78, 5) is 23.5. The fourth-order valence-corrected chi connectivity index (χ4v) is 1.20. The minimum absolute atomic E-state index is 0.507. The zero-order valence-electron chi connectivity index (χ0n) is 7.05. The Hall–Kier alpha value is -2.24. The predicted molar refractivity (Wildman–Crippen MR) is 47.0 cm³/mol. The van der Waals surface area contributed by atoms with Crippen molar-refractivity contribution in [2.45, 2.75) is 0 Å². The van der Waals surface area contributed by atoms with E-state index in [2.05, 4.69) is 29.9 Å². The Morgan fingerprint density at radius 2 is 1.50 bits per heavy atom. The monoisotopic (exact) mass is 185 g/mol. The normalized spacial score (nSPS) is 10.9. The van der Waals surface area contributed by atoms with Crippen molar-refractivity contribution in [1.29, 1.82) is 0 Å². The molecule has 0 aliphatic heterocycles. The molecule has 0 bridgehead atoms. The molecule has 0 spiro atoms. The number of rotatable bonds is 0. The lowest BCUT2D eigenvalue weighted by Gasteiger charge is -1.89. The lowest BCUT2D eigenvalue weighted by atomic mass is 10.5. The molecule has 66 valence electrons. The molecule has 0 amide bonds. The van der Waals surface area contributed by atoms with Crippen LogP contribution < -0.4 is 4.98 Å². The van der Waals surface area contributed by atoms with Crippen molar-refractivity contribution in [1.82, 2.24) is 24.9 Å². The van der Waals surface area contributed by atoms with E-state index in [1.807, 2.05) is 0 Å². The summed E-state index contributed by atoms with van der Waals surface area (Å²) in [5.74, 6) is 0. The number of hydrogen-bond donors (Lipinski definition) is 0. The van der Waals surface area contributed by atoms with E-state index in [0.717, 1.165) is 0 Å². The van der Waals surface area contributed by atoms with Crippen LogP contribution in [0.15, 0.2) is 24.8 Å². The first-order chi connectivity index (χ1) is 6.93. The lowest BCUT2D eigenvalue weighted by Crippen LogP contribution is -2.07. The first-order valence-corrected chi connectivity index (χ1v) is 4.05. The van der Waals surface area contributed by atoms with Gasteiger partial charge in [-0.25, -0.2) is 19.9 Å². The highest BCUT2D eigenvalue weighted by molar-refractivity contribution is 5.74. The molecule has 3 rings (SSSR count). The van der Waals surface area contributed by atoms with E-state index in [1.54, 1.807) is 24.8 Å². The van der Waals surface area contributed by atoms with Crippen LogP contribution in [0, 0.1) is 0 Å². The van der Waals surface area contributed by atoms with Crippen molar-refractivity contribution >= 4 is 22.6 Å². The number of aromatic amines is 1. The van der Waals surface area contributed by atoms with Crippen LogP contribution in [0.5, 0.6) is 0 Å². The number of fused-ring (bicyclic) bond motifs is 2. The maximum Gasteiger partial charge on any atom is 0.368 e. The fourth-order valence-electron chi connectivity index (χ4n) is 1.20. The molecule has 0 saturated carbocycles. The maximum absolute atomic E-state index is 4.22. The van der Waals surface area contributed by atoms with Gasteiger partial charge in [-0.05, 0) is 4.98 Å². The first-order valence-electron chi connectivity index (χ1n) is 4.05. The summed E-state index contributed by atoms with van der Waals surface area (Å²) in [6.45, 7) is 0. The Kier molecular flexibility index (Phi) is 1.35. The minimum Gasteiger partial charge on any atom is -0.239 e. The van der Waals surface area contributed by atoms with Gasteiger partial charge in [0.25, 0.3) is 5.65 Å². The summed E-state index contributed by atoms with van der Waals surface area (Å²) in [7, 11) is 0. The van der Waals surface area contributed by atoms with Gasteiger partial charge in [0.15, 0.2) is 0 Å². The number of nitrogens with zero attached hydrogens (tertiary/aromatic N) is 5. The van der Waals surface area contributed by atoms with Crippen LogP contribution in [-0.4, -0.2) is 24.9 Å². The van der Waals surface area contributed by atoms with Crippen LogP contribution in [0.3, 0.4) is 0 Å². The Balaban J connectivity index is 2.52. The van der Waals surface area contributed by atoms with E-state index >= 15 is 0 Å². The van der Waals surface area contributed by atoms with Gasteiger partial charge in [0, 0.05) is 6.20 Å². The Morgan fingerprint density at radius 3 is 2.36 bits per heavy atom. The Morgan fingerprint density at radius 1 is 0.786 bits per heavy atom. The Labute approximate surface area is 78.1 Å². The van der Waals surface area contributed by atoms with Crippen molar-refractivity contribution in [3.63, 3.8) is 0 Å². The molecule has 0 atom stereocenters. The summed E-state index contributed by atoms with van der Waals surface area (Å²) in [5, 5.41) is 0. The van der Waals surface area contributed by atoms with Gasteiger partial charge in [0.2, 0.25) is 5.65 Å². The zero-order valence-corrected chi connectivity index (χ0v) is 7.05. The molecular formula is C8H5N6+. The molecule has 0 aliphatic rings. The molecule has 0 unspecified atom stereocenters. The number of H-pyrrole nitrogens is 1. The summed E-state index contributed by atoms with van der Waals surface area (Å²) < 4.78 is 0. The SMILES string of the molecule is c1cnc2nc3[nH+]ccnc3nc2n1. The molecule has 1 N–H and O–H groups in total. The second-order valence-corrected chi connectivity index (χ2v) is 2.69. The van der Waals surface area contributed by atoms with Crippen LogP contribution in [0.4, 0.5) is 0 Å². The van der Waals surface area contributed by atoms with Gasteiger partial charge in [-0.2, -0.15) is 4.98 Å². The van der Waals surface area contributed by atoms with E-state index in [4.69, 9.17) is 0 Å². The average molecular weight is 185 g/mol. The molecule has 6 heteroatoms. The van der Waals surface area contributed by atoms with Gasteiger partial charge < -0.3 is 0 Å². The number of hydrogen-bond acceptors (Lipinski definition) is 5. The van der Waals surface area contributed by atoms with Gasteiger partial charge in [0.05, 0.1) is 12.4 Å². The molecule has 0 aromatic carbocycles. The van der Waals surface area contributed by atoms with E-state index < -0.39 is 0 Å². The smallest absolute Gasteiger partial charge is 0.239 e. The summed E-state index contributed by atoms with van der Waals surface area (Å²) in [6, 6.07) is 0. The third kappa shape index (κ3) is 0.972. The van der Waals surface area contributed by atoms with Gasteiger partial charge in [-0.3, -0.25) is 0 Å². The topological polar surface area (TPSA) is 78.6 Å². The highest BCUT2D eigenvalue weighted by atomic mass is 15.0. The standard InChI is InChI=1S/C8H4N6/c1-2-10-6-5(9-1)13-7-8(14-6)12-4-3-11-7/h1-4H/p+1. The van der Waals surface area contributed by atoms with Crippen LogP contribution in [-0.2, 0) is 0 Å². The van der Waals surface area contributed by atoms with Gasteiger partial charge >= 0.3 is 11.3 Å². The van der Waals surface area contributed by atoms with Crippen molar-refractivity contribution in [3.8, 4) is 0 Å². The molecule has 3 aromatic heterocycles. The Bertz CT molecular complexity index is 503. The van der Waals surface area contributed by atoms with Crippen LogP contribution in [0.1, 0.15) is 0 Å². The predicted octanol–water partition coefficient (Wildman–Crippen LogP) is -0.218. The molecule has 0 radical (unpaired) electrons. The third-order valence-corrected chi connectivity index (χ3v) is 1.79. The first kappa shape index (κ1) is 7.19. The lowest BCUT2D eigenvalue weighted by molar-refractivity contribution is -0.348. The molecule has 3 heterocycles. The number of nitrogens with one attached hydrogen (secondary N) is 1. The summed E-state index contributed by atoms with van der Waals surface area (Å²) >= 11 is 0. The minimum atomic E-state index is 0.507. The largest absolute Gasteiger partial charge is 0.368 e. The van der Waals surface area contributed by atoms with Gasteiger partial charge in [0.1, 0.15) is 6.20 Å². The number of aromatic nitrogens is 6. The second-order valence-electron chi connectivity index (χ2n) is 2.69. The van der Waals surface area contributed by atoms with E-state index in [1.165, 1.54) is 0 Å². The maximum atomic E-state index is 4.22. The molecule has 3 aromatic rings. The second kappa shape index (κ2) is 2.63. The fraction of sp³-hybridized carbons (Fsp3) is 0. The van der Waals surface area contributed by atoms with E-state index in [9.17, 15) is 0 Å². The van der Waals surface area contributed by atoms with Crippen LogP contribution in [0.25, 0.3) is 22.6 Å². The highest BCUT2D eigenvalue weighted by Gasteiger charge is 2.10. The molecule has 14 heavy (non-hydrogen) atoms. The highest BCUT2D eigenvalue weighted by Crippen LogP contribution is 2.04. The van der Waals surface area contributed by atoms with Crippen molar-refractivity contribution in [2.75, 3.05) is 0 Å². The van der Waals surface area contributed by atoms with E-state index in [0.29, 0.717) is 22.6 Å². The molecule has 6 nitrogen and oxygen atoms in total. The van der Waals surface area contributed by atoms with Crippen LogP contribution in [0.2, 0.25) is 0 Å². The van der Waals surface area contributed by atoms with Crippen molar-refractivity contribution in [2.24, 2.45) is 0 Å². The quantitative estimate of drug-likeness (QED) is 0.452. The van der Waals surface area contributed by atoms with Crippen molar-refractivity contribution in [3.05, 3.63) is 24.8 Å². The molecular weight excluding hydrogens is 180 g/mol. The third-order valence-electron chi connectivity index (χ3n) is 1.79. The average Bonchev–Trinajstić information content (AvgIpc) is 2.26. The van der Waals surface area contributed by atoms with E-state index in [-0.39, 0.29) is 0 Å². The summed E-state index contributed by atoms with van der Waals surface area (Å²) in [6.07, 6.45) is 6.48. The molecule has 0 saturated heterocycles. The van der Waals surface area contributed by atoms with Gasteiger partial charge in [-0.15, -0.1) is 0 Å². The molecule has 0 aliphatic carbocycles. The zero-order chi connectivity index (χ0) is 9.38. The van der Waals surface area contributed by atoms with Crippen LogP contribution >= 0.6 is 0 Å². The van der Waals surface area contributed by atoms with Gasteiger partial charge in [-0.1, -0.05) is 0 Å². The van der Waals surface area contributed by atoms with Crippen molar-refractivity contribution < 1.29 is 4.98 Å². The molecule has 0 fully saturated rings.